The highest BCUT2D eigenvalue weighted by atomic mass is 16.1. The molecule has 0 unspecified atom stereocenters. The maximum Gasteiger partial charge on any atom is 0.252 e. The van der Waals surface area contributed by atoms with E-state index in [1.165, 1.54) is 6.20 Å². The van der Waals surface area contributed by atoms with Crippen LogP contribution in [0.15, 0.2) is 36.8 Å². The Balaban J connectivity index is 1.76. The highest BCUT2D eigenvalue weighted by molar-refractivity contribution is 5.94. The van der Waals surface area contributed by atoms with E-state index in [0.29, 0.717) is 30.2 Å². The molecule has 0 aliphatic carbocycles. The summed E-state index contributed by atoms with van der Waals surface area (Å²) in [7, 11) is 0. The molecule has 0 aliphatic rings. The Morgan fingerprint density at radius 3 is 2.29 bits per heavy atom. The molecule has 0 fully saturated rings. The predicted octanol–water partition coefficient (Wildman–Crippen LogP) is -0.526. The first-order chi connectivity index (χ1) is 11.8. The van der Waals surface area contributed by atoms with Crippen LogP contribution in [0.5, 0.6) is 0 Å². The monoisotopic (exact) mass is 323 g/mol. The van der Waals surface area contributed by atoms with Crippen molar-refractivity contribution in [3.8, 4) is 23.2 Å². The van der Waals surface area contributed by atoms with E-state index in [4.69, 9.17) is 5.73 Å². The van der Waals surface area contributed by atoms with Crippen LogP contribution in [0.3, 0.4) is 0 Å². The number of nitrogens with one attached hydrogen (secondary N) is 1. The van der Waals surface area contributed by atoms with Gasteiger partial charge in [-0.25, -0.2) is 9.97 Å². The third-order valence-corrected chi connectivity index (χ3v) is 2.93. The summed E-state index contributed by atoms with van der Waals surface area (Å²) < 4.78 is 0. The highest BCUT2D eigenvalue weighted by Crippen LogP contribution is 2.12. The van der Waals surface area contributed by atoms with Crippen LogP contribution in [0.2, 0.25) is 0 Å². The van der Waals surface area contributed by atoms with E-state index in [2.05, 4.69) is 40.7 Å². The maximum absolute atomic E-state index is 11.8. The molecule has 3 rings (SSSR count). The zero-order chi connectivity index (χ0) is 16.8. The number of pyridine rings is 1. The molecule has 3 heterocycles. The second-order valence-corrected chi connectivity index (χ2v) is 4.60. The first-order valence-electron chi connectivity index (χ1n) is 7.07. The summed E-state index contributed by atoms with van der Waals surface area (Å²) in [6.45, 7) is 0.778. The molecule has 0 saturated carbocycles. The topological polar surface area (TPSA) is 145 Å². The Morgan fingerprint density at radius 2 is 1.67 bits per heavy atom. The fraction of sp³-hybridized carbons (Fsp3) is 0.143. The summed E-state index contributed by atoms with van der Waals surface area (Å²) in [4.78, 5) is 24.0. The minimum absolute atomic E-state index is 0.220. The van der Waals surface area contributed by atoms with Gasteiger partial charge in [-0.05, 0) is 18.2 Å². The standard InChI is InChI=1S/C14H13N9O/c15-4-7-18-14(24)9-2-3-10(19-8-9)11-20-22-13(23-21-11)12-16-5-1-6-17-12/h1-3,5-6,8H,4,7,15H2,(H,18,24). The Hall–Kier alpha value is -3.40. The quantitative estimate of drug-likeness (QED) is 0.632. The van der Waals surface area contributed by atoms with E-state index in [-0.39, 0.29) is 17.6 Å². The van der Waals surface area contributed by atoms with E-state index < -0.39 is 0 Å². The summed E-state index contributed by atoms with van der Waals surface area (Å²) in [5, 5.41) is 18.5. The summed E-state index contributed by atoms with van der Waals surface area (Å²) in [5.41, 5.74) is 6.21. The normalized spacial score (nSPS) is 10.4. The number of carbonyl (C=O) groups excluding carboxylic acids is 1. The van der Waals surface area contributed by atoms with Gasteiger partial charge in [-0.1, -0.05) is 0 Å². The lowest BCUT2D eigenvalue weighted by molar-refractivity contribution is 0.0954. The maximum atomic E-state index is 11.8. The van der Waals surface area contributed by atoms with Gasteiger partial charge in [0.1, 0.15) is 5.69 Å². The van der Waals surface area contributed by atoms with E-state index >= 15 is 0 Å². The average molecular weight is 323 g/mol. The minimum Gasteiger partial charge on any atom is -0.351 e. The van der Waals surface area contributed by atoms with E-state index in [0.717, 1.165) is 0 Å². The van der Waals surface area contributed by atoms with Gasteiger partial charge < -0.3 is 11.1 Å². The molecule has 1 amide bonds. The zero-order valence-corrected chi connectivity index (χ0v) is 12.5. The van der Waals surface area contributed by atoms with Gasteiger partial charge in [0.05, 0.1) is 5.56 Å². The molecule has 24 heavy (non-hydrogen) atoms. The van der Waals surface area contributed by atoms with Crippen LogP contribution in [0, 0.1) is 0 Å². The second-order valence-electron chi connectivity index (χ2n) is 4.60. The molecule has 0 saturated heterocycles. The smallest absolute Gasteiger partial charge is 0.252 e. The van der Waals surface area contributed by atoms with Crippen LogP contribution in [0.1, 0.15) is 10.4 Å². The Bertz CT molecular complexity index is 806. The molecule has 0 spiro atoms. The van der Waals surface area contributed by atoms with Gasteiger partial charge in [-0.2, -0.15) is 0 Å². The van der Waals surface area contributed by atoms with E-state index in [1.54, 1.807) is 30.6 Å². The lowest BCUT2D eigenvalue weighted by atomic mass is 10.2. The average Bonchev–Trinajstić information content (AvgIpc) is 2.67. The Kier molecular flexibility index (Phi) is 4.68. The molecular formula is C14H13N9O. The number of aromatic nitrogens is 7. The van der Waals surface area contributed by atoms with Crippen molar-refractivity contribution < 1.29 is 4.79 Å². The van der Waals surface area contributed by atoms with Crippen LogP contribution >= 0.6 is 0 Å². The molecular weight excluding hydrogens is 310 g/mol. The van der Waals surface area contributed by atoms with Crippen LogP contribution in [-0.2, 0) is 0 Å². The van der Waals surface area contributed by atoms with Crippen molar-refractivity contribution >= 4 is 5.91 Å². The van der Waals surface area contributed by atoms with Crippen LogP contribution < -0.4 is 11.1 Å². The fourth-order valence-corrected chi connectivity index (χ4v) is 1.78. The molecule has 0 aliphatic heterocycles. The largest absolute Gasteiger partial charge is 0.351 e. The lowest BCUT2D eigenvalue weighted by Gasteiger charge is -2.03. The molecule has 3 aromatic rings. The summed E-state index contributed by atoms with van der Waals surface area (Å²) in [5.74, 6) is 0.554. The van der Waals surface area contributed by atoms with Gasteiger partial charge in [0.2, 0.25) is 17.5 Å². The van der Waals surface area contributed by atoms with Crippen LogP contribution in [0.4, 0.5) is 0 Å². The van der Waals surface area contributed by atoms with Gasteiger partial charge >= 0.3 is 0 Å². The van der Waals surface area contributed by atoms with Crippen molar-refractivity contribution in [1.29, 1.82) is 0 Å². The van der Waals surface area contributed by atoms with Gasteiger partial charge in [0.25, 0.3) is 5.91 Å². The van der Waals surface area contributed by atoms with Crippen molar-refractivity contribution in [2.45, 2.75) is 0 Å². The third kappa shape index (κ3) is 3.50. The van der Waals surface area contributed by atoms with Crippen LogP contribution in [0.25, 0.3) is 23.2 Å². The van der Waals surface area contributed by atoms with Crippen molar-refractivity contribution in [2.24, 2.45) is 5.73 Å². The zero-order valence-electron chi connectivity index (χ0n) is 12.5. The van der Waals surface area contributed by atoms with Crippen molar-refractivity contribution in [2.75, 3.05) is 13.1 Å². The van der Waals surface area contributed by atoms with Crippen molar-refractivity contribution in [3.63, 3.8) is 0 Å². The second kappa shape index (κ2) is 7.24. The number of hydrogen-bond acceptors (Lipinski definition) is 9. The number of carbonyl (C=O) groups is 1. The van der Waals surface area contributed by atoms with E-state index in [9.17, 15) is 4.79 Å². The predicted molar refractivity (Wildman–Crippen MR) is 83.3 cm³/mol. The number of rotatable bonds is 5. The summed E-state index contributed by atoms with van der Waals surface area (Å²) in [6.07, 6.45) is 4.59. The summed E-state index contributed by atoms with van der Waals surface area (Å²) >= 11 is 0. The first kappa shape index (κ1) is 15.5. The fourth-order valence-electron chi connectivity index (χ4n) is 1.78. The van der Waals surface area contributed by atoms with Crippen molar-refractivity contribution in [1.82, 2.24) is 40.7 Å². The van der Waals surface area contributed by atoms with E-state index in [1.807, 2.05) is 0 Å². The van der Waals surface area contributed by atoms with Crippen molar-refractivity contribution in [3.05, 3.63) is 42.4 Å². The SMILES string of the molecule is NCCNC(=O)c1ccc(-c2nnc(-c3ncccn3)nn2)nc1. The van der Waals surface area contributed by atoms with Gasteiger partial charge in [-0.3, -0.25) is 9.78 Å². The molecule has 10 nitrogen and oxygen atoms in total. The molecule has 3 N–H and O–H groups in total. The molecule has 120 valence electrons. The molecule has 0 bridgehead atoms. The third-order valence-electron chi connectivity index (χ3n) is 2.93. The number of hydrogen-bond donors (Lipinski definition) is 2. The van der Waals surface area contributed by atoms with Gasteiger partial charge in [0, 0.05) is 31.7 Å². The number of nitrogens with two attached hydrogens (primary N) is 1. The van der Waals surface area contributed by atoms with Crippen LogP contribution in [-0.4, -0.2) is 54.3 Å². The van der Waals surface area contributed by atoms with Gasteiger partial charge in [-0.15, -0.1) is 20.4 Å². The Labute approximate surface area is 136 Å². The highest BCUT2D eigenvalue weighted by Gasteiger charge is 2.10. The first-order valence-corrected chi connectivity index (χ1v) is 7.07. The molecule has 0 aromatic carbocycles. The number of amides is 1. The Morgan fingerprint density at radius 1 is 0.958 bits per heavy atom. The van der Waals surface area contributed by atoms with Gasteiger partial charge in [0.15, 0.2) is 0 Å². The molecule has 3 aromatic heterocycles. The molecule has 0 atom stereocenters. The molecule has 10 heteroatoms. The number of nitrogens with zero attached hydrogens (tertiary/aromatic N) is 7. The summed E-state index contributed by atoms with van der Waals surface area (Å²) in [6, 6.07) is 4.92. The minimum atomic E-state index is -0.242. The molecule has 0 radical (unpaired) electrons. The lowest BCUT2D eigenvalue weighted by Crippen LogP contribution is -2.29.